The molecule has 0 radical (unpaired) electrons. The molecule has 3 N–H and O–H groups in total. The van der Waals surface area contributed by atoms with E-state index in [1.165, 1.54) is 6.07 Å². The monoisotopic (exact) mass is 287 g/mol. The smallest absolute Gasteiger partial charge is 0.300 e. The molecule has 0 aliphatic rings. The van der Waals surface area contributed by atoms with Gasteiger partial charge < -0.3 is 11.1 Å². The zero-order valence-corrected chi connectivity index (χ0v) is 11.2. The average Bonchev–Trinajstić information content (AvgIpc) is 2.45. The van der Waals surface area contributed by atoms with Crippen LogP contribution < -0.4 is 11.1 Å². The van der Waals surface area contributed by atoms with E-state index in [0.29, 0.717) is 5.69 Å². The minimum absolute atomic E-state index is 0.0415. The van der Waals surface area contributed by atoms with Crippen molar-refractivity contribution in [3.05, 3.63) is 57.5 Å². The van der Waals surface area contributed by atoms with Gasteiger partial charge in [-0.2, -0.15) is 0 Å². The van der Waals surface area contributed by atoms with E-state index < -0.39 is 10.8 Å². The van der Waals surface area contributed by atoms with E-state index in [2.05, 4.69) is 15.3 Å². The molecule has 0 unspecified atom stereocenters. The molecule has 0 atom stereocenters. The highest BCUT2D eigenvalue weighted by Gasteiger charge is 2.21. The van der Waals surface area contributed by atoms with Crippen molar-refractivity contribution < 1.29 is 9.72 Å². The second-order valence-electron chi connectivity index (χ2n) is 4.33. The Hall–Kier alpha value is -3.03. The SMILES string of the molecule is Cc1cccnc1CNC(=O)c1cc(N)ncc1[N+](=O)[O-]. The Morgan fingerprint density at radius 1 is 1.48 bits per heavy atom. The van der Waals surface area contributed by atoms with Gasteiger partial charge >= 0.3 is 0 Å². The van der Waals surface area contributed by atoms with Gasteiger partial charge in [-0.15, -0.1) is 0 Å². The van der Waals surface area contributed by atoms with E-state index in [1.807, 2.05) is 13.0 Å². The number of nitro groups is 1. The molecular formula is C13H13N5O3. The first kappa shape index (κ1) is 14.4. The molecule has 2 aromatic heterocycles. The summed E-state index contributed by atoms with van der Waals surface area (Å²) < 4.78 is 0. The standard InChI is InChI=1S/C13H13N5O3/c1-8-3-2-4-15-10(8)6-17-13(19)9-5-12(14)16-7-11(9)18(20)21/h2-5,7H,6H2,1H3,(H2,14,16)(H,17,19). The molecule has 21 heavy (non-hydrogen) atoms. The van der Waals surface area contributed by atoms with Gasteiger partial charge in [0, 0.05) is 6.20 Å². The third-order valence-corrected chi connectivity index (χ3v) is 2.88. The quantitative estimate of drug-likeness (QED) is 0.643. The zero-order chi connectivity index (χ0) is 15.4. The Kier molecular flexibility index (Phi) is 4.07. The predicted octanol–water partition coefficient (Wildman–Crippen LogP) is 1.21. The van der Waals surface area contributed by atoms with Crippen LogP contribution in [0.3, 0.4) is 0 Å². The number of nitrogens with two attached hydrogens (primary N) is 1. The van der Waals surface area contributed by atoms with Crippen molar-refractivity contribution in [1.29, 1.82) is 0 Å². The Bertz CT molecular complexity index is 702. The van der Waals surface area contributed by atoms with Crippen LogP contribution in [0, 0.1) is 17.0 Å². The number of rotatable bonds is 4. The van der Waals surface area contributed by atoms with Crippen LogP contribution in [0.2, 0.25) is 0 Å². The number of hydrogen-bond donors (Lipinski definition) is 2. The fraction of sp³-hybridized carbons (Fsp3) is 0.154. The van der Waals surface area contributed by atoms with E-state index in [-0.39, 0.29) is 23.6 Å². The van der Waals surface area contributed by atoms with Crippen molar-refractivity contribution in [2.45, 2.75) is 13.5 Å². The molecule has 2 heterocycles. The summed E-state index contributed by atoms with van der Waals surface area (Å²) in [5, 5.41) is 13.5. The summed E-state index contributed by atoms with van der Waals surface area (Å²) in [4.78, 5) is 30.1. The highest BCUT2D eigenvalue weighted by Crippen LogP contribution is 2.19. The minimum Gasteiger partial charge on any atom is -0.384 e. The molecule has 8 nitrogen and oxygen atoms in total. The van der Waals surface area contributed by atoms with Crippen LogP contribution in [-0.2, 0) is 6.54 Å². The number of nitrogens with one attached hydrogen (secondary N) is 1. The summed E-state index contributed by atoms with van der Waals surface area (Å²) in [5.41, 5.74) is 6.57. The van der Waals surface area contributed by atoms with Crippen LogP contribution in [0.5, 0.6) is 0 Å². The number of carbonyl (C=O) groups excluding carboxylic acids is 1. The number of aryl methyl sites for hydroxylation is 1. The molecule has 0 aliphatic heterocycles. The van der Waals surface area contributed by atoms with Gasteiger partial charge in [0.2, 0.25) is 0 Å². The number of amides is 1. The fourth-order valence-electron chi connectivity index (χ4n) is 1.75. The predicted molar refractivity (Wildman–Crippen MR) is 75.4 cm³/mol. The minimum atomic E-state index is -0.673. The molecule has 0 bridgehead atoms. The lowest BCUT2D eigenvalue weighted by Gasteiger charge is -2.07. The van der Waals surface area contributed by atoms with Crippen molar-refractivity contribution in [1.82, 2.24) is 15.3 Å². The van der Waals surface area contributed by atoms with E-state index in [1.54, 1.807) is 12.3 Å². The van der Waals surface area contributed by atoms with Gasteiger partial charge in [-0.3, -0.25) is 19.9 Å². The first-order chi connectivity index (χ1) is 9.99. The number of aromatic nitrogens is 2. The fourth-order valence-corrected chi connectivity index (χ4v) is 1.75. The highest BCUT2D eigenvalue weighted by atomic mass is 16.6. The Labute approximate surface area is 120 Å². The first-order valence-corrected chi connectivity index (χ1v) is 6.07. The van der Waals surface area contributed by atoms with Crippen LogP contribution in [0.4, 0.5) is 11.5 Å². The maximum atomic E-state index is 12.1. The van der Waals surface area contributed by atoms with E-state index in [9.17, 15) is 14.9 Å². The molecule has 0 saturated heterocycles. The molecule has 0 spiro atoms. The summed E-state index contributed by atoms with van der Waals surface area (Å²) in [6.45, 7) is 2.03. The Morgan fingerprint density at radius 2 is 2.24 bits per heavy atom. The number of anilines is 1. The molecule has 108 valence electrons. The molecule has 8 heteroatoms. The van der Waals surface area contributed by atoms with Crippen molar-refractivity contribution in [3.8, 4) is 0 Å². The largest absolute Gasteiger partial charge is 0.384 e. The Morgan fingerprint density at radius 3 is 2.90 bits per heavy atom. The molecule has 0 saturated carbocycles. The molecule has 2 rings (SSSR count). The van der Waals surface area contributed by atoms with Gasteiger partial charge in [-0.05, 0) is 24.6 Å². The van der Waals surface area contributed by atoms with Gasteiger partial charge in [0.05, 0.1) is 17.2 Å². The summed E-state index contributed by atoms with van der Waals surface area (Å²) in [6.07, 6.45) is 2.58. The van der Waals surface area contributed by atoms with Crippen LogP contribution >= 0.6 is 0 Å². The van der Waals surface area contributed by atoms with Crippen LogP contribution in [-0.4, -0.2) is 20.8 Å². The normalized spacial score (nSPS) is 10.1. The molecule has 1 amide bonds. The molecule has 0 fully saturated rings. The van der Waals surface area contributed by atoms with Crippen LogP contribution in [0.25, 0.3) is 0 Å². The van der Waals surface area contributed by atoms with Gasteiger partial charge in [-0.25, -0.2) is 4.98 Å². The lowest BCUT2D eigenvalue weighted by molar-refractivity contribution is -0.385. The van der Waals surface area contributed by atoms with Crippen LogP contribution in [0.15, 0.2) is 30.6 Å². The second kappa shape index (κ2) is 5.95. The molecule has 0 aliphatic carbocycles. The maximum Gasteiger partial charge on any atom is 0.300 e. The lowest BCUT2D eigenvalue weighted by atomic mass is 10.2. The number of pyridine rings is 2. The van der Waals surface area contributed by atoms with Crippen molar-refractivity contribution in [2.24, 2.45) is 0 Å². The molecule has 2 aromatic rings. The molecular weight excluding hydrogens is 274 g/mol. The van der Waals surface area contributed by atoms with Gasteiger partial charge in [0.15, 0.2) is 0 Å². The van der Waals surface area contributed by atoms with Crippen molar-refractivity contribution in [2.75, 3.05) is 5.73 Å². The third kappa shape index (κ3) is 3.30. The van der Waals surface area contributed by atoms with E-state index in [4.69, 9.17) is 5.73 Å². The van der Waals surface area contributed by atoms with Gasteiger partial charge in [0.25, 0.3) is 11.6 Å². The number of nitrogen functional groups attached to an aromatic ring is 1. The van der Waals surface area contributed by atoms with Crippen LogP contribution in [0.1, 0.15) is 21.6 Å². The molecule has 0 aromatic carbocycles. The lowest BCUT2D eigenvalue weighted by Crippen LogP contribution is -2.25. The third-order valence-electron chi connectivity index (χ3n) is 2.88. The topological polar surface area (TPSA) is 124 Å². The number of hydrogen-bond acceptors (Lipinski definition) is 6. The van der Waals surface area contributed by atoms with Gasteiger partial charge in [0.1, 0.15) is 17.6 Å². The van der Waals surface area contributed by atoms with Crippen molar-refractivity contribution >= 4 is 17.4 Å². The van der Waals surface area contributed by atoms with E-state index in [0.717, 1.165) is 11.8 Å². The second-order valence-corrected chi connectivity index (χ2v) is 4.33. The van der Waals surface area contributed by atoms with Gasteiger partial charge in [-0.1, -0.05) is 6.07 Å². The number of carbonyl (C=O) groups is 1. The zero-order valence-electron chi connectivity index (χ0n) is 11.2. The summed E-state index contributed by atoms with van der Waals surface area (Å²) in [6, 6.07) is 4.83. The van der Waals surface area contributed by atoms with E-state index >= 15 is 0 Å². The number of nitrogens with zero attached hydrogens (tertiary/aromatic N) is 3. The highest BCUT2D eigenvalue weighted by molar-refractivity contribution is 5.98. The summed E-state index contributed by atoms with van der Waals surface area (Å²) in [5.74, 6) is -0.555. The summed E-state index contributed by atoms with van der Waals surface area (Å²) >= 11 is 0. The van der Waals surface area contributed by atoms with Crippen molar-refractivity contribution in [3.63, 3.8) is 0 Å². The Balaban J connectivity index is 2.19. The average molecular weight is 287 g/mol. The summed E-state index contributed by atoms with van der Waals surface area (Å²) in [7, 11) is 0. The first-order valence-electron chi connectivity index (χ1n) is 6.07. The maximum absolute atomic E-state index is 12.1.